The van der Waals surface area contributed by atoms with Crippen LogP contribution >= 0.6 is 0 Å². The highest BCUT2D eigenvalue weighted by Gasteiger charge is 2.12. The highest BCUT2D eigenvalue weighted by atomic mass is 16.1. The Hall–Kier alpha value is -2.80. The minimum absolute atomic E-state index is 0.534. The van der Waals surface area contributed by atoms with Crippen molar-refractivity contribution in [3.63, 3.8) is 0 Å². The Kier molecular flexibility index (Phi) is 5.02. The molecule has 0 aliphatic heterocycles. The van der Waals surface area contributed by atoms with Crippen LogP contribution in [0.25, 0.3) is 0 Å². The number of carbonyl (C=O) groups excluding carboxylic acids is 2. The second-order valence-corrected chi connectivity index (χ2v) is 5.76. The predicted octanol–water partition coefficient (Wildman–Crippen LogP) is 4.45. The van der Waals surface area contributed by atoms with Crippen molar-refractivity contribution in [2.45, 2.75) is 34.1 Å². The zero-order valence-corrected chi connectivity index (χ0v) is 13.7. The molecule has 0 bridgehead atoms. The van der Waals surface area contributed by atoms with E-state index in [4.69, 9.17) is 0 Å². The molecule has 2 rings (SSSR count). The van der Waals surface area contributed by atoms with Gasteiger partial charge >= 0.3 is 0 Å². The second kappa shape index (κ2) is 6.97. The van der Waals surface area contributed by atoms with Gasteiger partial charge in [-0.15, -0.1) is 0 Å². The van der Waals surface area contributed by atoms with Gasteiger partial charge in [0.15, 0.2) is 0 Å². The van der Waals surface area contributed by atoms with Crippen LogP contribution in [0.3, 0.4) is 0 Å². The summed E-state index contributed by atoms with van der Waals surface area (Å²) < 4.78 is 0. The lowest BCUT2D eigenvalue weighted by Gasteiger charge is -2.13. The number of hydrogen-bond acceptors (Lipinski definition) is 4. The van der Waals surface area contributed by atoms with Crippen LogP contribution in [0.1, 0.15) is 33.4 Å². The van der Waals surface area contributed by atoms with Crippen LogP contribution < -0.4 is 0 Å². The third kappa shape index (κ3) is 3.70. The molecule has 0 spiro atoms. The van der Waals surface area contributed by atoms with Gasteiger partial charge in [-0.3, -0.25) is 0 Å². The lowest BCUT2D eigenvalue weighted by molar-refractivity contribution is 0.564. The van der Waals surface area contributed by atoms with E-state index in [2.05, 4.69) is 9.98 Å². The summed E-state index contributed by atoms with van der Waals surface area (Å²) in [6.07, 6.45) is 3.78. The van der Waals surface area contributed by atoms with Crippen molar-refractivity contribution in [1.82, 2.24) is 0 Å². The summed E-state index contributed by atoms with van der Waals surface area (Å²) in [7, 11) is 0. The van der Waals surface area contributed by atoms with Gasteiger partial charge in [0, 0.05) is 6.42 Å². The van der Waals surface area contributed by atoms with E-state index in [9.17, 15) is 9.59 Å². The first kappa shape index (κ1) is 16.6. The quantitative estimate of drug-likeness (QED) is 0.619. The molecule has 0 saturated heterocycles. The Balaban J connectivity index is 2.64. The van der Waals surface area contributed by atoms with Crippen molar-refractivity contribution in [3.05, 3.63) is 57.6 Å². The normalized spacial score (nSPS) is 9.91. The molecule has 0 aliphatic rings. The third-order valence-electron chi connectivity index (χ3n) is 3.74. The van der Waals surface area contributed by atoms with Crippen molar-refractivity contribution in [2.24, 2.45) is 9.98 Å². The summed E-state index contributed by atoms with van der Waals surface area (Å²) in [5, 5.41) is 0. The monoisotopic (exact) mass is 306 g/mol. The summed E-state index contributed by atoms with van der Waals surface area (Å²) in [5.74, 6) is 0. The van der Waals surface area contributed by atoms with Crippen LogP contribution in [-0.2, 0) is 16.0 Å². The number of isocyanates is 2. The van der Waals surface area contributed by atoms with E-state index in [1.807, 2.05) is 52.0 Å². The van der Waals surface area contributed by atoms with Gasteiger partial charge in [0.25, 0.3) is 0 Å². The van der Waals surface area contributed by atoms with Crippen molar-refractivity contribution < 1.29 is 9.59 Å². The van der Waals surface area contributed by atoms with E-state index in [0.29, 0.717) is 17.8 Å². The van der Waals surface area contributed by atoms with Crippen LogP contribution in [0.4, 0.5) is 11.4 Å². The maximum absolute atomic E-state index is 10.7. The van der Waals surface area contributed by atoms with Gasteiger partial charge in [-0.25, -0.2) is 9.59 Å². The van der Waals surface area contributed by atoms with Gasteiger partial charge in [-0.1, -0.05) is 35.4 Å². The van der Waals surface area contributed by atoms with E-state index in [0.717, 1.165) is 33.4 Å². The van der Waals surface area contributed by atoms with E-state index in [1.165, 1.54) is 0 Å². The molecular weight excluding hydrogens is 288 g/mol. The van der Waals surface area contributed by atoms with Crippen LogP contribution in [-0.4, -0.2) is 12.2 Å². The zero-order valence-electron chi connectivity index (χ0n) is 13.7. The average Bonchev–Trinajstić information content (AvgIpc) is 2.46. The molecule has 0 fully saturated rings. The number of benzene rings is 2. The molecule has 4 heteroatoms. The highest BCUT2D eigenvalue weighted by Crippen LogP contribution is 2.32. The lowest BCUT2D eigenvalue weighted by Crippen LogP contribution is -1.95. The summed E-state index contributed by atoms with van der Waals surface area (Å²) >= 11 is 0. The average molecular weight is 306 g/mol. The molecule has 0 atom stereocenters. The number of nitrogens with zero attached hydrogens (tertiary/aromatic N) is 2. The largest absolute Gasteiger partial charge is 0.240 e. The molecule has 0 aromatic heterocycles. The third-order valence-corrected chi connectivity index (χ3v) is 3.74. The van der Waals surface area contributed by atoms with Crippen molar-refractivity contribution in [2.75, 3.05) is 0 Å². The topological polar surface area (TPSA) is 58.9 Å². The molecule has 23 heavy (non-hydrogen) atoms. The Morgan fingerprint density at radius 2 is 1.13 bits per heavy atom. The number of rotatable bonds is 4. The first-order valence-corrected chi connectivity index (χ1v) is 7.32. The molecule has 0 unspecified atom stereocenters. The SMILES string of the molecule is Cc1cc(C)c(N=C=O)c(Cc2cc(C)cc(C)c2N=C=O)c1. The second-order valence-electron chi connectivity index (χ2n) is 5.76. The standard InChI is InChI=1S/C19H18N2O2/c1-12-5-14(3)18(20-10-22)16(7-12)9-17-8-13(2)6-15(4)19(17)21-11-23/h5-8H,9H2,1-4H3. The molecule has 0 aliphatic carbocycles. The molecule has 0 amide bonds. The predicted molar refractivity (Wildman–Crippen MR) is 90.2 cm³/mol. The highest BCUT2D eigenvalue weighted by molar-refractivity contribution is 5.64. The lowest BCUT2D eigenvalue weighted by atomic mass is 9.95. The molecule has 116 valence electrons. The molecular formula is C19H18N2O2. The van der Waals surface area contributed by atoms with E-state index < -0.39 is 0 Å². The van der Waals surface area contributed by atoms with Crippen LogP contribution in [0, 0.1) is 27.7 Å². The molecule has 2 aromatic carbocycles. The van der Waals surface area contributed by atoms with E-state index in [1.54, 1.807) is 12.2 Å². The Morgan fingerprint density at radius 3 is 1.48 bits per heavy atom. The maximum atomic E-state index is 10.7. The van der Waals surface area contributed by atoms with Gasteiger partial charge in [-0.05, 0) is 49.9 Å². The fourth-order valence-electron chi connectivity index (χ4n) is 2.98. The first-order valence-electron chi connectivity index (χ1n) is 7.32. The smallest absolute Gasteiger partial charge is 0.211 e. The number of hydrogen-bond donors (Lipinski definition) is 0. The summed E-state index contributed by atoms with van der Waals surface area (Å²) in [4.78, 5) is 29.2. The van der Waals surface area contributed by atoms with Crippen molar-refractivity contribution in [3.8, 4) is 0 Å². The minimum atomic E-state index is 0.534. The summed E-state index contributed by atoms with van der Waals surface area (Å²) in [5.41, 5.74) is 7.12. The van der Waals surface area contributed by atoms with Crippen LogP contribution in [0.5, 0.6) is 0 Å². The van der Waals surface area contributed by atoms with Gasteiger partial charge in [0.2, 0.25) is 12.2 Å². The minimum Gasteiger partial charge on any atom is -0.211 e. The molecule has 0 heterocycles. The summed E-state index contributed by atoms with van der Waals surface area (Å²) in [6.45, 7) is 7.82. The number of aliphatic imine (C=N–C) groups is 2. The Labute approximate surface area is 135 Å². The first-order chi connectivity index (χ1) is 11.0. The van der Waals surface area contributed by atoms with Gasteiger partial charge in [0.1, 0.15) is 0 Å². The molecule has 0 saturated carbocycles. The zero-order chi connectivity index (χ0) is 17.0. The molecule has 0 N–H and O–H groups in total. The van der Waals surface area contributed by atoms with E-state index in [-0.39, 0.29) is 0 Å². The fraction of sp³-hybridized carbons (Fsp3) is 0.263. The van der Waals surface area contributed by atoms with Crippen molar-refractivity contribution in [1.29, 1.82) is 0 Å². The van der Waals surface area contributed by atoms with Crippen LogP contribution in [0.15, 0.2) is 34.3 Å². The molecule has 4 nitrogen and oxygen atoms in total. The van der Waals surface area contributed by atoms with Crippen molar-refractivity contribution >= 4 is 23.5 Å². The molecule has 2 aromatic rings. The Morgan fingerprint density at radius 1 is 0.739 bits per heavy atom. The van der Waals surface area contributed by atoms with Gasteiger partial charge in [0.05, 0.1) is 11.4 Å². The van der Waals surface area contributed by atoms with Crippen LogP contribution in [0.2, 0.25) is 0 Å². The van der Waals surface area contributed by atoms with Gasteiger partial charge in [-0.2, -0.15) is 9.98 Å². The summed E-state index contributed by atoms with van der Waals surface area (Å²) in [6, 6.07) is 7.95. The Bertz CT molecular complexity index is 785. The molecule has 0 radical (unpaired) electrons. The van der Waals surface area contributed by atoms with E-state index >= 15 is 0 Å². The fourth-order valence-corrected chi connectivity index (χ4v) is 2.98. The van der Waals surface area contributed by atoms with Gasteiger partial charge < -0.3 is 0 Å². The maximum Gasteiger partial charge on any atom is 0.240 e. The number of aryl methyl sites for hydroxylation is 4.